The highest BCUT2D eigenvalue weighted by molar-refractivity contribution is 7.89. The van der Waals surface area contributed by atoms with Crippen molar-refractivity contribution in [3.63, 3.8) is 0 Å². The molecule has 1 saturated heterocycles. The minimum Gasteiger partial charge on any atom is -0.495 e. The lowest BCUT2D eigenvalue weighted by atomic mass is 10.1. The highest BCUT2D eigenvalue weighted by Gasteiger charge is 2.31. The van der Waals surface area contributed by atoms with Gasteiger partial charge < -0.3 is 9.64 Å². The number of aromatic nitrogens is 3. The van der Waals surface area contributed by atoms with Crippen LogP contribution in [0, 0.1) is 13.8 Å². The van der Waals surface area contributed by atoms with Crippen molar-refractivity contribution in [2.24, 2.45) is 0 Å². The topological polar surface area (TPSA) is 88.5 Å². The molecule has 3 aromatic rings. The Morgan fingerprint density at radius 1 is 0.968 bits per heavy atom. The summed E-state index contributed by atoms with van der Waals surface area (Å²) in [6, 6.07) is 11.1. The molecule has 0 atom stereocenters. The fourth-order valence-electron chi connectivity index (χ4n) is 3.58. The number of hydrogen-bond acceptors (Lipinski definition) is 7. The van der Waals surface area contributed by atoms with E-state index >= 15 is 0 Å². The first kappa shape index (κ1) is 21.2. The van der Waals surface area contributed by atoms with Crippen molar-refractivity contribution in [3.8, 4) is 17.0 Å². The van der Waals surface area contributed by atoms with E-state index in [9.17, 15) is 8.42 Å². The molecule has 0 N–H and O–H groups in total. The van der Waals surface area contributed by atoms with E-state index in [4.69, 9.17) is 4.74 Å². The number of aryl methyl sites for hydroxylation is 2. The van der Waals surface area contributed by atoms with Crippen LogP contribution in [0.1, 0.15) is 11.1 Å². The number of piperazine rings is 1. The number of ether oxygens (including phenoxy) is 1. The number of nitrogens with zero attached hydrogens (tertiary/aromatic N) is 5. The van der Waals surface area contributed by atoms with Crippen molar-refractivity contribution in [1.82, 2.24) is 19.5 Å². The van der Waals surface area contributed by atoms with Gasteiger partial charge in [-0.1, -0.05) is 0 Å². The van der Waals surface area contributed by atoms with Gasteiger partial charge in [-0.2, -0.15) is 4.31 Å². The van der Waals surface area contributed by atoms with Crippen LogP contribution < -0.4 is 9.64 Å². The van der Waals surface area contributed by atoms with Gasteiger partial charge in [0, 0.05) is 44.1 Å². The van der Waals surface area contributed by atoms with Crippen LogP contribution in [0.25, 0.3) is 11.3 Å². The summed E-state index contributed by atoms with van der Waals surface area (Å²) in [7, 11) is -2.16. The maximum atomic E-state index is 13.3. The molecule has 1 aliphatic heterocycles. The van der Waals surface area contributed by atoms with E-state index in [-0.39, 0.29) is 4.90 Å². The highest BCUT2D eigenvalue weighted by atomic mass is 32.2. The first-order valence-electron chi connectivity index (χ1n) is 10.0. The SMILES string of the molecule is COc1cc(C)c(C)cc1S(=O)(=O)N1CCN(c2ccc(-c3cccnc3)nn2)CC1. The normalized spacial score (nSPS) is 15.1. The third-order valence-corrected chi connectivity index (χ3v) is 7.49. The second-order valence-electron chi connectivity index (χ2n) is 7.50. The number of methoxy groups -OCH3 is 1. The molecule has 2 aromatic heterocycles. The molecule has 8 nitrogen and oxygen atoms in total. The fourth-order valence-corrected chi connectivity index (χ4v) is 5.23. The summed E-state index contributed by atoms with van der Waals surface area (Å²) >= 11 is 0. The van der Waals surface area contributed by atoms with Crippen LogP contribution in [0.3, 0.4) is 0 Å². The van der Waals surface area contributed by atoms with Gasteiger partial charge in [0.1, 0.15) is 10.6 Å². The smallest absolute Gasteiger partial charge is 0.246 e. The van der Waals surface area contributed by atoms with Crippen molar-refractivity contribution < 1.29 is 13.2 Å². The number of anilines is 1. The van der Waals surface area contributed by atoms with Gasteiger partial charge >= 0.3 is 0 Å². The lowest BCUT2D eigenvalue weighted by molar-refractivity contribution is 0.373. The van der Waals surface area contributed by atoms with E-state index in [1.807, 2.05) is 43.0 Å². The van der Waals surface area contributed by atoms with Crippen LogP contribution in [0.4, 0.5) is 5.82 Å². The standard InChI is InChI=1S/C22H25N5O3S/c1-16-13-20(30-3)21(14-17(16)2)31(28,29)27-11-9-26(10-12-27)22-7-6-19(24-25-22)18-5-4-8-23-15-18/h4-8,13-15H,9-12H2,1-3H3. The summed E-state index contributed by atoms with van der Waals surface area (Å²) in [5, 5.41) is 8.63. The lowest BCUT2D eigenvalue weighted by Crippen LogP contribution is -2.49. The third kappa shape index (κ3) is 4.24. The maximum absolute atomic E-state index is 13.3. The molecule has 1 fully saturated rings. The molecule has 0 spiro atoms. The molecule has 0 bridgehead atoms. The number of rotatable bonds is 5. The van der Waals surface area contributed by atoms with Gasteiger partial charge in [-0.3, -0.25) is 4.98 Å². The maximum Gasteiger partial charge on any atom is 0.246 e. The first-order valence-corrected chi connectivity index (χ1v) is 11.5. The average molecular weight is 440 g/mol. The number of benzene rings is 1. The van der Waals surface area contributed by atoms with Crippen LogP contribution in [-0.2, 0) is 10.0 Å². The summed E-state index contributed by atoms with van der Waals surface area (Å²) in [5.41, 5.74) is 3.57. The minimum atomic E-state index is -3.65. The van der Waals surface area contributed by atoms with E-state index in [2.05, 4.69) is 15.2 Å². The zero-order valence-electron chi connectivity index (χ0n) is 17.8. The fraction of sp³-hybridized carbons (Fsp3) is 0.318. The molecule has 1 aliphatic rings. The van der Waals surface area contributed by atoms with Crippen molar-refractivity contribution in [3.05, 3.63) is 59.9 Å². The molecule has 9 heteroatoms. The van der Waals surface area contributed by atoms with E-state index in [0.29, 0.717) is 31.9 Å². The van der Waals surface area contributed by atoms with E-state index in [0.717, 1.165) is 28.2 Å². The number of pyridine rings is 1. The molecular formula is C22H25N5O3S. The summed E-state index contributed by atoms with van der Waals surface area (Å²) < 4.78 is 33.4. The summed E-state index contributed by atoms with van der Waals surface area (Å²) in [5.74, 6) is 1.11. The molecule has 0 saturated carbocycles. The highest BCUT2D eigenvalue weighted by Crippen LogP contribution is 2.30. The monoisotopic (exact) mass is 439 g/mol. The van der Waals surface area contributed by atoms with Crippen molar-refractivity contribution in [2.45, 2.75) is 18.7 Å². The van der Waals surface area contributed by atoms with Gasteiger partial charge in [0.2, 0.25) is 10.0 Å². The van der Waals surface area contributed by atoms with Gasteiger partial charge in [0.15, 0.2) is 5.82 Å². The van der Waals surface area contributed by atoms with Crippen molar-refractivity contribution in [1.29, 1.82) is 0 Å². The predicted molar refractivity (Wildman–Crippen MR) is 119 cm³/mol. The average Bonchev–Trinajstić information content (AvgIpc) is 2.81. The molecule has 4 rings (SSSR count). The van der Waals surface area contributed by atoms with Gasteiger partial charge in [-0.05, 0) is 61.4 Å². The molecule has 3 heterocycles. The Balaban J connectivity index is 1.48. The molecular weight excluding hydrogens is 414 g/mol. The molecule has 0 unspecified atom stereocenters. The van der Waals surface area contributed by atoms with Crippen LogP contribution in [0.15, 0.2) is 53.7 Å². The Labute approximate surface area is 182 Å². The van der Waals surface area contributed by atoms with Crippen LogP contribution >= 0.6 is 0 Å². The Bertz CT molecular complexity index is 1160. The van der Waals surface area contributed by atoms with Crippen molar-refractivity contribution in [2.75, 3.05) is 38.2 Å². The van der Waals surface area contributed by atoms with E-state index in [1.54, 1.807) is 24.5 Å². The number of sulfonamides is 1. The Morgan fingerprint density at radius 2 is 1.71 bits per heavy atom. The molecule has 31 heavy (non-hydrogen) atoms. The summed E-state index contributed by atoms with van der Waals surface area (Å²) in [4.78, 5) is 6.36. The quantitative estimate of drug-likeness (QED) is 0.604. The van der Waals surface area contributed by atoms with Gasteiger partial charge in [0.25, 0.3) is 0 Å². The molecule has 162 valence electrons. The molecule has 0 aliphatic carbocycles. The predicted octanol–water partition coefficient (Wildman–Crippen LogP) is 2.67. The number of hydrogen-bond donors (Lipinski definition) is 0. The van der Waals surface area contributed by atoms with E-state index < -0.39 is 10.0 Å². The van der Waals surface area contributed by atoms with Gasteiger partial charge in [-0.15, -0.1) is 10.2 Å². The second-order valence-corrected chi connectivity index (χ2v) is 9.40. The third-order valence-electron chi connectivity index (χ3n) is 5.57. The van der Waals surface area contributed by atoms with Gasteiger partial charge in [-0.25, -0.2) is 8.42 Å². The molecule has 1 aromatic carbocycles. The second kappa shape index (κ2) is 8.60. The molecule has 0 radical (unpaired) electrons. The Hall–Kier alpha value is -3.04. The Kier molecular flexibility index (Phi) is 5.88. The van der Waals surface area contributed by atoms with Crippen molar-refractivity contribution >= 4 is 15.8 Å². The summed E-state index contributed by atoms with van der Waals surface area (Å²) in [6.07, 6.45) is 3.46. The van der Waals surface area contributed by atoms with E-state index in [1.165, 1.54) is 11.4 Å². The first-order chi connectivity index (χ1) is 14.9. The van der Waals surface area contributed by atoms with Crippen LogP contribution in [-0.4, -0.2) is 61.2 Å². The van der Waals surface area contributed by atoms with Crippen LogP contribution in [0.2, 0.25) is 0 Å². The largest absolute Gasteiger partial charge is 0.495 e. The van der Waals surface area contributed by atoms with Gasteiger partial charge in [0.05, 0.1) is 12.8 Å². The molecule has 0 amide bonds. The Morgan fingerprint density at radius 3 is 2.32 bits per heavy atom. The lowest BCUT2D eigenvalue weighted by Gasteiger charge is -2.34. The minimum absolute atomic E-state index is 0.215. The summed E-state index contributed by atoms with van der Waals surface area (Å²) in [6.45, 7) is 5.64. The zero-order chi connectivity index (χ0) is 22.0. The van der Waals surface area contributed by atoms with Crippen LogP contribution in [0.5, 0.6) is 5.75 Å². The zero-order valence-corrected chi connectivity index (χ0v) is 18.6.